The summed E-state index contributed by atoms with van der Waals surface area (Å²) in [5.74, 6) is 0.859. The Bertz CT molecular complexity index is 1880. The van der Waals surface area contributed by atoms with Crippen LogP contribution in [-0.4, -0.2) is 49.9 Å². The van der Waals surface area contributed by atoms with Crippen molar-refractivity contribution in [2.75, 3.05) is 20.3 Å². The highest BCUT2D eigenvalue weighted by Crippen LogP contribution is 2.35. The van der Waals surface area contributed by atoms with Crippen molar-refractivity contribution in [1.82, 2.24) is 16.1 Å². The second kappa shape index (κ2) is 16.3. The summed E-state index contributed by atoms with van der Waals surface area (Å²) >= 11 is 4.49. The molecule has 5 rings (SSSR count). The Labute approximate surface area is 305 Å². The number of allylic oxidation sites excluding steroid dienone is 1. The first-order valence-corrected chi connectivity index (χ1v) is 17.2. The average Bonchev–Trinajstić information content (AvgIpc) is 3.06. The highest BCUT2D eigenvalue weighted by atomic mass is 127. The molecule has 2 amide bonds. The number of benzene rings is 4. The van der Waals surface area contributed by atoms with Gasteiger partial charge in [-0.25, -0.2) is 9.59 Å². The number of ether oxygens (including phenoxy) is 4. The van der Waals surface area contributed by atoms with Crippen LogP contribution in [0.4, 0.5) is 4.79 Å². The van der Waals surface area contributed by atoms with E-state index in [9.17, 15) is 14.7 Å². The fraction of sp³-hybridized carbons (Fsp3) is 0.229. The monoisotopic (exact) mass is 876 g/mol. The summed E-state index contributed by atoms with van der Waals surface area (Å²) < 4.78 is 24.9. The maximum Gasteiger partial charge on any atom is 0.337 e. The van der Waals surface area contributed by atoms with Crippen molar-refractivity contribution >= 4 is 74.2 Å². The van der Waals surface area contributed by atoms with E-state index in [-0.39, 0.29) is 12.2 Å². The molecule has 1 aliphatic rings. The number of halogens is 2. The molecule has 250 valence electrons. The molecule has 0 unspecified atom stereocenters. The van der Waals surface area contributed by atoms with Crippen LogP contribution in [-0.2, 0) is 16.1 Å². The Hall–Kier alpha value is -4.09. The van der Waals surface area contributed by atoms with Gasteiger partial charge in [0.1, 0.15) is 19.0 Å². The number of nitrogens with one attached hydrogen (secondary N) is 3. The number of aliphatic hydroxyl groups excluding tert-OH is 1. The molecule has 0 spiro atoms. The Morgan fingerprint density at radius 3 is 2.62 bits per heavy atom. The van der Waals surface area contributed by atoms with Crippen molar-refractivity contribution in [2.24, 2.45) is 5.10 Å². The van der Waals surface area contributed by atoms with Crippen molar-refractivity contribution in [3.63, 3.8) is 0 Å². The van der Waals surface area contributed by atoms with Crippen LogP contribution in [0.5, 0.6) is 17.2 Å². The maximum atomic E-state index is 12.5. The topological polar surface area (TPSA) is 140 Å². The van der Waals surface area contributed by atoms with Crippen LogP contribution in [0.1, 0.15) is 36.6 Å². The van der Waals surface area contributed by atoms with E-state index >= 15 is 0 Å². The molecule has 0 bridgehead atoms. The van der Waals surface area contributed by atoms with Gasteiger partial charge in [0, 0.05) is 14.8 Å². The number of hydrogen-bond donors (Lipinski definition) is 4. The minimum Gasteiger partial charge on any atom is -0.490 e. The molecule has 4 aromatic rings. The number of hydrogen-bond acceptors (Lipinski definition) is 9. The third-order valence-electron chi connectivity index (χ3n) is 7.39. The summed E-state index contributed by atoms with van der Waals surface area (Å²) in [7, 11) is 1.28. The lowest BCUT2D eigenvalue weighted by atomic mass is 9.95. The number of fused-ring (bicyclic) bond motifs is 1. The molecule has 11 nitrogen and oxygen atoms in total. The first-order chi connectivity index (χ1) is 23.2. The van der Waals surface area contributed by atoms with E-state index in [4.69, 9.17) is 18.9 Å². The number of esters is 1. The Morgan fingerprint density at radius 2 is 1.83 bits per heavy atom. The lowest BCUT2D eigenvalue weighted by molar-refractivity contribution is -0.136. The van der Waals surface area contributed by atoms with Crippen molar-refractivity contribution in [1.29, 1.82) is 0 Å². The first kappa shape index (κ1) is 35.2. The molecule has 0 aliphatic carbocycles. The van der Waals surface area contributed by atoms with Crippen molar-refractivity contribution in [3.8, 4) is 17.2 Å². The fourth-order valence-electron chi connectivity index (χ4n) is 5.21. The predicted molar refractivity (Wildman–Crippen MR) is 199 cm³/mol. The number of hydrazone groups is 1. The van der Waals surface area contributed by atoms with Gasteiger partial charge in [-0.1, -0.05) is 48.5 Å². The lowest BCUT2D eigenvalue weighted by Crippen LogP contribution is -2.45. The summed E-state index contributed by atoms with van der Waals surface area (Å²) in [6, 6.07) is 22.2. The lowest BCUT2D eigenvalue weighted by Gasteiger charge is -2.28. The van der Waals surface area contributed by atoms with Gasteiger partial charge < -0.3 is 34.7 Å². The van der Waals surface area contributed by atoms with Gasteiger partial charge in [0.15, 0.2) is 17.7 Å². The van der Waals surface area contributed by atoms with Crippen LogP contribution in [0.3, 0.4) is 0 Å². The van der Waals surface area contributed by atoms with Gasteiger partial charge in [-0.15, -0.1) is 0 Å². The summed E-state index contributed by atoms with van der Waals surface area (Å²) in [5.41, 5.74) is 5.79. The molecule has 0 radical (unpaired) electrons. The zero-order valence-corrected chi connectivity index (χ0v) is 30.7. The minimum absolute atomic E-state index is 0.151. The van der Waals surface area contributed by atoms with Gasteiger partial charge in [0.25, 0.3) is 0 Å². The number of aliphatic hydroxyl groups is 1. The highest BCUT2D eigenvalue weighted by Gasteiger charge is 2.32. The Balaban J connectivity index is 1.25. The van der Waals surface area contributed by atoms with Crippen LogP contribution in [0.25, 0.3) is 10.8 Å². The normalized spacial score (nSPS) is 15.1. The minimum atomic E-state index is -1.16. The van der Waals surface area contributed by atoms with Gasteiger partial charge in [-0.05, 0) is 105 Å². The number of rotatable bonds is 13. The predicted octanol–water partition coefficient (Wildman–Crippen LogP) is 6.15. The van der Waals surface area contributed by atoms with Crippen LogP contribution in [0.15, 0.2) is 89.2 Å². The Kier molecular flexibility index (Phi) is 12.0. The summed E-state index contributed by atoms with van der Waals surface area (Å²) in [6.07, 6.45) is 0.450. The van der Waals surface area contributed by atoms with E-state index in [1.54, 1.807) is 31.3 Å². The van der Waals surface area contributed by atoms with Gasteiger partial charge in [-0.3, -0.25) is 5.43 Å². The molecule has 4 N–H and O–H groups in total. The molecule has 0 saturated heterocycles. The summed E-state index contributed by atoms with van der Waals surface area (Å²) in [4.78, 5) is 24.7. The largest absolute Gasteiger partial charge is 0.490 e. The molecule has 48 heavy (non-hydrogen) atoms. The van der Waals surface area contributed by atoms with Crippen LogP contribution in [0.2, 0.25) is 0 Å². The van der Waals surface area contributed by atoms with E-state index in [2.05, 4.69) is 90.6 Å². The third kappa shape index (κ3) is 8.49. The number of amides is 2. The number of methoxy groups -OCH3 is 1. The maximum absolute atomic E-state index is 12.5. The summed E-state index contributed by atoms with van der Waals surface area (Å²) in [5, 5.41) is 22.6. The standard InChI is InChI=1S/C35H34I2N4O7/c1-4-46-29-15-22(32-31(34(43)45-3)20(2)39-35(44)40-32)12-13-28(29)47-19-30(42)41-38-17-24-14-25(36)16-27(37)33(24)48-18-23-10-7-9-21-8-5-6-11-26(21)23/h5-17,30,32,41-42H,4,18-19H2,1-3H3,(H2,39,40,44)/b38-17+/t30-,32-/m0/s1. The van der Waals surface area contributed by atoms with Crippen molar-refractivity contribution in [2.45, 2.75) is 32.7 Å². The molecule has 4 aromatic carbocycles. The summed E-state index contributed by atoms with van der Waals surface area (Å²) in [6.45, 7) is 4.02. The van der Waals surface area contributed by atoms with Gasteiger partial charge in [0.2, 0.25) is 0 Å². The average molecular weight is 876 g/mol. The second-order valence-corrected chi connectivity index (χ2v) is 13.1. The number of carbonyl (C=O) groups excluding carboxylic acids is 2. The molecule has 1 aliphatic heterocycles. The van der Waals surface area contributed by atoms with Gasteiger partial charge in [-0.2, -0.15) is 5.10 Å². The van der Waals surface area contributed by atoms with E-state index < -0.39 is 24.3 Å². The van der Waals surface area contributed by atoms with E-state index in [1.165, 1.54) is 7.11 Å². The smallest absolute Gasteiger partial charge is 0.337 e. The van der Waals surface area contributed by atoms with Gasteiger partial charge >= 0.3 is 12.0 Å². The molecule has 0 aromatic heterocycles. The first-order valence-electron chi connectivity index (χ1n) is 15.0. The van der Waals surface area contributed by atoms with E-state index in [1.807, 2.05) is 37.3 Å². The van der Waals surface area contributed by atoms with Crippen LogP contribution < -0.4 is 30.3 Å². The molecule has 0 saturated carbocycles. The molecular weight excluding hydrogens is 842 g/mol. The third-order valence-corrected chi connectivity index (χ3v) is 8.81. The SMILES string of the molecule is CCOc1cc([C@@H]2NC(=O)NC(C)=C2C(=O)OC)ccc1OC[C@H](O)N/N=C/c1cc(I)cc(I)c1OCc1cccc2ccccc12. The number of urea groups is 1. The Morgan fingerprint density at radius 1 is 1.04 bits per heavy atom. The van der Waals surface area contributed by atoms with Gasteiger partial charge in [0.05, 0.1) is 35.1 Å². The van der Waals surface area contributed by atoms with E-state index in [0.29, 0.717) is 41.7 Å². The molecule has 1 heterocycles. The molecule has 2 atom stereocenters. The van der Waals surface area contributed by atoms with Crippen LogP contribution >= 0.6 is 45.2 Å². The molecule has 13 heteroatoms. The molecular formula is C35H34I2N4O7. The molecule has 0 fully saturated rings. The fourth-order valence-corrected chi connectivity index (χ4v) is 7.26. The number of nitrogens with zero attached hydrogens (tertiary/aromatic N) is 1. The zero-order chi connectivity index (χ0) is 34.2. The van der Waals surface area contributed by atoms with E-state index in [0.717, 1.165) is 29.0 Å². The number of carbonyl (C=O) groups is 2. The van der Waals surface area contributed by atoms with Crippen molar-refractivity contribution < 1.29 is 33.6 Å². The van der Waals surface area contributed by atoms with Crippen LogP contribution in [0, 0.1) is 7.14 Å². The quantitative estimate of drug-likeness (QED) is 0.0413. The van der Waals surface area contributed by atoms with Crippen molar-refractivity contribution in [3.05, 3.63) is 108 Å². The zero-order valence-electron chi connectivity index (χ0n) is 26.4. The second-order valence-electron chi connectivity index (χ2n) is 10.6. The highest BCUT2D eigenvalue weighted by molar-refractivity contribution is 14.1.